The molecule has 24 heavy (non-hydrogen) atoms. The van der Waals surface area contributed by atoms with Gasteiger partial charge in [0, 0.05) is 6.07 Å². The van der Waals surface area contributed by atoms with Crippen molar-refractivity contribution >= 4 is 23.0 Å². The Morgan fingerprint density at radius 3 is 2.75 bits per heavy atom. The van der Waals surface area contributed by atoms with E-state index < -0.39 is 0 Å². The molecule has 0 saturated heterocycles. The number of methoxy groups -OCH3 is 2. The minimum Gasteiger partial charge on any atom is -0.497 e. The van der Waals surface area contributed by atoms with Crippen molar-refractivity contribution in [3.05, 3.63) is 53.6 Å². The molecule has 0 aromatic heterocycles. The molecule has 2 aromatic carbocycles. The van der Waals surface area contributed by atoms with Crippen LogP contribution in [0.1, 0.15) is 30.0 Å². The molecule has 0 radical (unpaired) electrons. The van der Waals surface area contributed by atoms with E-state index in [1.807, 2.05) is 18.2 Å². The maximum Gasteiger partial charge on any atom is 0.171 e. The van der Waals surface area contributed by atoms with Crippen LogP contribution in [0.2, 0.25) is 0 Å². The van der Waals surface area contributed by atoms with Crippen molar-refractivity contribution in [2.75, 3.05) is 19.5 Å². The molecule has 1 aliphatic rings. The van der Waals surface area contributed by atoms with Crippen LogP contribution in [-0.2, 0) is 6.42 Å². The molecule has 0 saturated carbocycles. The Kier molecular flexibility index (Phi) is 5.20. The van der Waals surface area contributed by atoms with Gasteiger partial charge in [-0.15, -0.1) is 0 Å². The molecule has 0 aliphatic heterocycles. The second-order valence-electron chi connectivity index (χ2n) is 5.81. The van der Waals surface area contributed by atoms with Crippen LogP contribution in [0.4, 0.5) is 5.69 Å². The lowest BCUT2D eigenvalue weighted by Crippen LogP contribution is -2.34. The lowest BCUT2D eigenvalue weighted by molar-refractivity contribution is 0.405. The van der Waals surface area contributed by atoms with Crippen LogP contribution in [0.5, 0.6) is 11.5 Å². The number of rotatable bonds is 4. The number of anilines is 1. The van der Waals surface area contributed by atoms with Crippen molar-refractivity contribution in [1.82, 2.24) is 5.32 Å². The summed E-state index contributed by atoms with van der Waals surface area (Å²) in [6.07, 6.45) is 3.38. The molecule has 2 aromatic rings. The maximum atomic E-state index is 5.51. The summed E-state index contributed by atoms with van der Waals surface area (Å²) in [5.41, 5.74) is 3.53. The zero-order valence-corrected chi connectivity index (χ0v) is 14.8. The summed E-state index contributed by atoms with van der Waals surface area (Å²) >= 11 is 5.51. The monoisotopic (exact) mass is 342 g/mol. The predicted molar refractivity (Wildman–Crippen MR) is 101 cm³/mol. The van der Waals surface area contributed by atoms with Gasteiger partial charge in [0.25, 0.3) is 0 Å². The quantitative estimate of drug-likeness (QED) is 0.820. The third-order valence-electron chi connectivity index (χ3n) is 4.33. The molecule has 1 unspecified atom stereocenters. The second kappa shape index (κ2) is 7.53. The van der Waals surface area contributed by atoms with Gasteiger partial charge in [0.15, 0.2) is 5.11 Å². The Morgan fingerprint density at radius 1 is 1.12 bits per heavy atom. The molecule has 4 nitrogen and oxygen atoms in total. The van der Waals surface area contributed by atoms with Gasteiger partial charge < -0.3 is 20.1 Å². The summed E-state index contributed by atoms with van der Waals surface area (Å²) in [4.78, 5) is 0. The number of hydrogen-bond acceptors (Lipinski definition) is 3. The fourth-order valence-electron chi connectivity index (χ4n) is 3.13. The Bertz CT molecular complexity index is 733. The first-order valence-electron chi connectivity index (χ1n) is 8.08. The molecule has 3 rings (SSSR count). The van der Waals surface area contributed by atoms with Crippen LogP contribution >= 0.6 is 12.2 Å². The third kappa shape index (κ3) is 3.62. The van der Waals surface area contributed by atoms with Gasteiger partial charge in [0.2, 0.25) is 0 Å². The summed E-state index contributed by atoms with van der Waals surface area (Å²) in [5, 5.41) is 7.25. The fourth-order valence-corrected chi connectivity index (χ4v) is 3.38. The molecule has 0 heterocycles. The highest BCUT2D eigenvalue weighted by Gasteiger charge is 2.20. The number of fused-ring (bicyclic) bond motifs is 1. The summed E-state index contributed by atoms with van der Waals surface area (Å²) in [5.74, 6) is 1.48. The van der Waals surface area contributed by atoms with Crippen molar-refractivity contribution in [2.45, 2.75) is 25.3 Å². The van der Waals surface area contributed by atoms with Crippen LogP contribution < -0.4 is 20.1 Å². The van der Waals surface area contributed by atoms with Crippen LogP contribution in [-0.4, -0.2) is 19.3 Å². The minimum atomic E-state index is 0.242. The first kappa shape index (κ1) is 16.6. The van der Waals surface area contributed by atoms with Crippen molar-refractivity contribution in [3.63, 3.8) is 0 Å². The summed E-state index contributed by atoms with van der Waals surface area (Å²) < 4.78 is 10.7. The van der Waals surface area contributed by atoms with Gasteiger partial charge in [0.05, 0.1) is 25.9 Å². The number of hydrogen-bond donors (Lipinski definition) is 2. The Labute approximate surface area is 148 Å². The highest BCUT2D eigenvalue weighted by Crippen LogP contribution is 2.31. The average molecular weight is 342 g/mol. The Morgan fingerprint density at radius 2 is 1.96 bits per heavy atom. The van der Waals surface area contributed by atoms with Gasteiger partial charge in [-0.25, -0.2) is 0 Å². The number of nitrogens with one attached hydrogen (secondary N) is 2. The van der Waals surface area contributed by atoms with Gasteiger partial charge in [-0.2, -0.15) is 0 Å². The smallest absolute Gasteiger partial charge is 0.171 e. The Hall–Kier alpha value is -2.27. The molecule has 1 atom stereocenters. The molecular formula is C19H22N2O2S. The van der Waals surface area contributed by atoms with Crippen molar-refractivity contribution in [2.24, 2.45) is 0 Å². The molecule has 0 amide bonds. The number of thiocarbonyl (C=S) groups is 1. The average Bonchev–Trinajstić information content (AvgIpc) is 2.62. The van der Waals surface area contributed by atoms with Crippen molar-refractivity contribution in [1.29, 1.82) is 0 Å². The van der Waals surface area contributed by atoms with Gasteiger partial charge >= 0.3 is 0 Å². The van der Waals surface area contributed by atoms with E-state index in [1.165, 1.54) is 17.5 Å². The lowest BCUT2D eigenvalue weighted by Gasteiger charge is -2.27. The van der Waals surface area contributed by atoms with Gasteiger partial charge in [-0.05, 0) is 54.7 Å². The van der Waals surface area contributed by atoms with E-state index >= 15 is 0 Å². The largest absolute Gasteiger partial charge is 0.497 e. The van der Waals surface area contributed by atoms with Crippen LogP contribution in [0.15, 0.2) is 42.5 Å². The van der Waals surface area contributed by atoms with E-state index in [9.17, 15) is 0 Å². The number of aryl methyl sites for hydroxylation is 1. The summed E-state index contributed by atoms with van der Waals surface area (Å²) in [6.45, 7) is 0. The summed E-state index contributed by atoms with van der Waals surface area (Å²) in [6, 6.07) is 14.4. The highest BCUT2D eigenvalue weighted by atomic mass is 32.1. The molecule has 0 bridgehead atoms. The lowest BCUT2D eigenvalue weighted by atomic mass is 9.88. The van der Waals surface area contributed by atoms with Crippen molar-refractivity contribution < 1.29 is 9.47 Å². The van der Waals surface area contributed by atoms with E-state index in [1.54, 1.807) is 14.2 Å². The Balaban J connectivity index is 1.73. The second-order valence-corrected chi connectivity index (χ2v) is 6.22. The fraction of sp³-hybridized carbons (Fsp3) is 0.316. The SMILES string of the molecule is COc1ccc(OC)c(NC(=S)NC2CCCc3ccccc32)c1. The van der Waals surface area contributed by atoms with E-state index in [0.717, 1.165) is 30.0 Å². The first-order valence-corrected chi connectivity index (χ1v) is 8.49. The molecule has 126 valence electrons. The predicted octanol–water partition coefficient (Wildman–Crippen LogP) is 4.07. The molecule has 2 N–H and O–H groups in total. The zero-order valence-electron chi connectivity index (χ0n) is 14.0. The van der Waals surface area contributed by atoms with Crippen LogP contribution in [0, 0.1) is 0 Å². The summed E-state index contributed by atoms with van der Waals surface area (Å²) in [7, 11) is 3.28. The maximum absolute atomic E-state index is 5.51. The van der Waals surface area contributed by atoms with Gasteiger partial charge in [-0.3, -0.25) is 0 Å². The molecular weight excluding hydrogens is 320 g/mol. The van der Waals surface area contributed by atoms with E-state index in [4.69, 9.17) is 21.7 Å². The molecule has 0 fully saturated rings. The standard InChI is InChI=1S/C19H22N2O2S/c1-22-14-10-11-18(23-2)17(12-14)21-19(24)20-16-9-5-7-13-6-3-4-8-15(13)16/h3-4,6,8,10-12,16H,5,7,9H2,1-2H3,(H2,20,21,24). The van der Waals surface area contributed by atoms with Crippen LogP contribution in [0.3, 0.4) is 0 Å². The van der Waals surface area contributed by atoms with Gasteiger partial charge in [0.1, 0.15) is 11.5 Å². The molecule has 5 heteroatoms. The third-order valence-corrected chi connectivity index (χ3v) is 4.55. The number of benzene rings is 2. The minimum absolute atomic E-state index is 0.242. The van der Waals surface area contributed by atoms with Crippen molar-refractivity contribution in [3.8, 4) is 11.5 Å². The number of ether oxygens (including phenoxy) is 2. The van der Waals surface area contributed by atoms with E-state index in [2.05, 4.69) is 34.9 Å². The van der Waals surface area contributed by atoms with E-state index in [0.29, 0.717) is 5.11 Å². The first-order chi connectivity index (χ1) is 11.7. The van der Waals surface area contributed by atoms with Gasteiger partial charge in [-0.1, -0.05) is 24.3 Å². The molecule has 0 spiro atoms. The van der Waals surface area contributed by atoms with Crippen LogP contribution in [0.25, 0.3) is 0 Å². The highest BCUT2D eigenvalue weighted by molar-refractivity contribution is 7.80. The normalized spacial score (nSPS) is 16.0. The van der Waals surface area contributed by atoms with E-state index in [-0.39, 0.29) is 6.04 Å². The topological polar surface area (TPSA) is 42.5 Å². The zero-order chi connectivity index (χ0) is 16.9. The molecule has 1 aliphatic carbocycles.